The zero-order valence-electron chi connectivity index (χ0n) is 30.0. The lowest BCUT2D eigenvalue weighted by Gasteiger charge is -2.36. The van der Waals surface area contributed by atoms with E-state index in [0.29, 0.717) is 29.0 Å². The lowest BCUT2D eigenvalue weighted by molar-refractivity contribution is -0.136. The van der Waals surface area contributed by atoms with Gasteiger partial charge in [-0.15, -0.1) is 0 Å². The molecule has 0 spiro atoms. The van der Waals surface area contributed by atoms with Crippen molar-refractivity contribution in [3.63, 3.8) is 0 Å². The summed E-state index contributed by atoms with van der Waals surface area (Å²) in [4.78, 5) is 64.1. The molecule has 9 rings (SSSR count). The van der Waals surface area contributed by atoms with Crippen molar-refractivity contribution in [2.75, 3.05) is 5.32 Å². The van der Waals surface area contributed by atoms with Crippen molar-refractivity contribution in [2.45, 2.75) is 81.9 Å². The van der Waals surface area contributed by atoms with Crippen LogP contribution in [0.25, 0.3) is 11.5 Å². The topological polar surface area (TPSA) is 179 Å². The molecule has 4 heterocycles. The van der Waals surface area contributed by atoms with E-state index in [0.717, 1.165) is 54.9 Å². The molecule has 55 heavy (non-hydrogen) atoms. The smallest absolute Gasteiger partial charge is 0.262 e. The summed E-state index contributed by atoms with van der Waals surface area (Å²) in [7, 11) is 0. The number of nitrogens with zero attached hydrogens (tertiary/aromatic N) is 5. The minimum atomic E-state index is -0.988. The molecule has 2 aliphatic heterocycles. The Morgan fingerprint density at radius 2 is 1.56 bits per heavy atom. The fourth-order valence-corrected chi connectivity index (χ4v) is 8.19. The highest BCUT2D eigenvalue weighted by atomic mass is 16.5. The largest absolute Gasteiger partial charge is 0.490 e. The van der Waals surface area contributed by atoms with Gasteiger partial charge in [0.25, 0.3) is 11.8 Å². The Labute approximate surface area is 315 Å². The maximum Gasteiger partial charge on any atom is 0.262 e. The molecule has 2 saturated carbocycles. The van der Waals surface area contributed by atoms with E-state index < -0.39 is 29.7 Å². The molecule has 1 saturated heterocycles. The first-order chi connectivity index (χ1) is 26.7. The average molecular weight is 740 g/mol. The van der Waals surface area contributed by atoms with Crippen LogP contribution in [0.4, 0.5) is 5.69 Å². The number of hydrogen-bond donors (Lipinski definition) is 2. The normalized spacial score (nSPS) is 21.5. The van der Waals surface area contributed by atoms with Gasteiger partial charge in [-0.05, 0) is 72.9 Å². The number of piperidine rings is 1. The molecule has 2 aliphatic carbocycles. The summed E-state index contributed by atoms with van der Waals surface area (Å²) in [6.07, 6.45) is 9.33. The molecule has 4 amide bonds. The quantitative estimate of drug-likeness (QED) is 0.162. The van der Waals surface area contributed by atoms with E-state index in [2.05, 4.69) is 67.1 Å². The Balaban J connectivity index is 0.797. The van der Waals surface area contributed by atoms with E-state index >= 15 is 0 Å². The van der Waals surface area contributed by atoms with Gasteiger partial charge in [-0.3, -0.25) is 29.4 Å². The van der Waals surface area contributed by atoms with Crippen molar-refractivity contribution in [2.24, 2.45) is 0 Å². The third-order valence-electron chi connectivity index (χ3n) is 11.1. The molecule has 0 radical (unpaired) electrons. The number of carbonyl (C=O) groups excluding carboxylic acids is 4. The van der Waals surface area contributed by atoms with Gasteiger partial charge in [-0.2, -0.15) is 4.98 Å². The first-order valence-electron chi connectivity index (χ1n) is 18.5. The number of aryl methyl sites for hydroxylation is 1. The Bertz CT molecular complexity index is 2290. The van der Waals surface area contributed by atoms with Crippen LogP contribution >= 0.6 is 0 Å². The molecule has 1 atom stereocenters. The number of imide groups is 2. The highest BCUT2D eigenvalue weighted by Gasteiger charge is 2.45. The maximum atomic E-state index is 13.2. The molecular formula is C41H37N7O7. The second-order valence-electron chi connectivity index (χ2n) is 14.6. The van der Waals surface area contributed by atoms with E-state index in [1.165, 1.54) is 11.1 Å². The molecule has 3 fully saturated rings. The van der Waals surface area contributed by atoms with E-state index in [1.54, 1.807) is 37.5 Å². The van der Waals surface area contributed by atoms with Crippen LogP contribution in [0.15, 0.2) is 83.6 Å². The molecule has 5 aromatic rings. The van der Waals surface area contributed by atoms with Crippen molar-refractivity contribution in [3.8, 4) is 28.9 Å². The van der Waals surface area contributed by atoms with Crippen LogP contribution in [-0.2, 0) is 15.0 Å². The second kappa shape index (κ2) is 13.8. The number of amides is 4. The number of anilines is 1. The van der Waals surface area contributed by atoms with Gasteiger partial charge in [0.1, 0.15) is 29.3 Å². The average Bonchev–Trinajstić information content (AvgIpc) is 3.91. The summed E-state index contributed by atoms with van der Waals surface area (Å²) in [5, 5.41) is 9.56. The number of rotatable bonds is 10. The van der Waals surface area contributed by atoms with Crippen molar-refractivity contribution in [3.05, 3.63) is 107 Å². The zero-order valence-corrected chi connectivity index (χ0v) is 30.0. The number of hydrogen-bond acceptors (Lipinski definition) is 12. The Hall–Kier alpha value is -6.44. The van der Waals surface area contributed by atoms with Crippen LogP contribution in [-0.4, -0.2) is 66.8 Å². The number of aromatic nitrogens is 4. The standard InChI is InChI=1S/C41H37N7O7/c1-23-44-37(47-55-23)33-21-43-36(22-42-33)54-29-11-6-25(7-12-29)41(16-2-3-17-41)24-4-9-28(10-5-24)53-30-18-27(19-30)45-26-8-13-31-32(20-26)40(52)48(39(31)51)34-14-15-35(49)46-38(34)50/h4-13,20-22,27,30,34,45H,2-3,14-19H2,1H3,(H,46,49,50)/t27-,30-,34?. The summed E-state index contributed by atoms with van der Waals surface area (Å²) >= 11 is 0. The van der Waals surface area contributed by atoms with Crippen LogP contribution in [0.5, 0.6) is 17.4 Å². The van der Waals surface area contributed by atoms with Crippen LogP contribution in [0.3, 0.4) is 0 Å². The Morgan fingerprint density at radius 3 is 2.22 bits per heavy atom. The van der Waals surface area contributed by atoms with Gasteiger partial charge in [-0.25, -0.2) is 9.97 Å². The molecule has 14 heteroatoms. The molecule has 14 nitrogen and oxygen atoms in total. The first kappa shape index (κ1) is 34.3. The Kier molecular flexibility index (Phi) is 8.59. The summed E-state index contributed by atoms with van der Waals surface area (Å²) in [6.45, 7) is 1.72. The molecule has 0 bridgehead atoms. The number of carbonyl (C=O) groups is 4. The second-order valence-corrected chi connectivity index (χ2v) is 14.6. The lowest BCUT2D eigenvalue weighted by atomic mass is 9.73. The fraction of sp³-hybridized carbons (Fsp3) is 0.317. The number of ether oxygens (including phenoxy) is 2. The van der Waals surface area contributed by atoms with Crippen molar-refractivity contribution >= 4 is 29.3 Å². The van der Waals surface area contributed by atoms with Gasteiger partial charge in [0.15, 0.2) is 0 Å². The molecular weight excluding hydrogens is 702 g/mol. The van der Waals surface area contributed by atoms with E-state index in [4.69, 9.17) is 14.0 Å². The van der Waals surface area contributed by atoms with Gasteiger partial charge in [0, 0.05) is 43.3 Å². The van der Waals surface area contributed by atoms with Gasteiger partial charge in [0.05, 0.1) is 23.5 Å². The van der Waals surface area contributed by atoms with E-state index in [1.807, 2.05) is 12.1 Å². The van der Waals surface area contributed by atoms with Crippen molar-refractivity contribution in [1.82, 2.24) is 30.3 Å². The van der Waals surface area contributed by atoms with Crippen LogP contribution in [0.2, 0.25) is 0 Å². The molecule has 3 aromatic carbocycles. The van der Waals surface area contributed by atoms with E-state index in [-0.39, 0.29) is 41.5 Å². The molecule has 1 unspecified atom stereocenters. The summed E-state index contributed by atoms with van der Waals surface area (Å²) < 4.78 is 17.3. The summed E-state index contributed by atoms with van der Waals surface area (Å²) in [5.41, 5.74) is 4.15. The highest BCUT2D eigenvalue weighted by Crippen LogP contribution is 2.47. The SMILES string of the molecule is Cc1nc(-c2cnc(Oc3ccc(C4(c5ccc(O[C@H]6C[C@H](Nc7ccc8c(c7)C(=O)N(C7CCC(=O)NC7=O)C8=O)C6)cc5)CCCC4)cc3)cn2)no1. The van der Waals surface area contributed by atoms with Crippen LogP contribution in [0, 0.1) is 6.92 Å². The number of benzene rings is 3. The lowest BCUT2D eigenvalue weighted by Crippen LogP contribution is -2.54. The van der Waals surface area contributed by atoms with Gasteiger partial charge in [0.2, 0.25) is 29.4 Å². The molecule has 4 aliphatic rings. The molecule has 2 N–H and O–H groups in total. The predicted molar refractivity (Wildman–Crippen MR) is 196 cm³/mol. The van der Waals surface area contributed by atoms with Crippen molar-refractivity contribution < 1.29 is 33.2 Å². The maximum absolute atomic E-state index is 13.2. The highest BCUT2D eigenvalue weighted by molar-refractivity contribution is 6.23. The minimum Gasteiger partial charge on any atom is -0.490 e. The fourth-order valence-electron chi connectivity index (χ4n) is 8.19. The summed E-state index contributed by atoms with van der Waals surface area (Å²) in [5.74, 6) is 0.635. The number of fused-ring (bicyclic) bond motifs is 1. The third kappa shape index (κ3) is 6.47. The first-order valence-corrected chi connectivity index (χ1v) is 18.5. The molecule has 2 aromatic heterocycles. The van der Waals surface area contributed by atoms with Gasteiger partial charge < -0.3 is 19.3 Å². The molecule has 278 valence electrons. The monoisotopic (exact) mass is 739 g/mol. The zero-order chi connectivity index (χ0) is 37.7. The van der Waals surface area contributed by atoms with Gasteiger partial charge in [-0.1, -0.05) is 42.3 Å². The van der Waals surface area contributed by atoms with Crippen molar-refractivity contribution in [1.29, 1.82) is 0 Å². The number of nitrogens with one attached hydrogen (secondary N) is 2. The van der Waals surface area contributed by atoms with E-state index in [9.17, 15) is 19.2 Å². The summed E-state index contributed by atoms with van der Waals surface area (Å²) in [6, 6.07) is 20.9. The van der Waals surface area contributed by atoms with Crippen LogP contribution < -0.4 is 20.1 Å². The van der Waals surface area contributed by atoms with Gasteiger partial charge >= 0.3 is 0 Å². The van der Waals surface area contributed by atoms with Crippen LogP contribution in [0.1, 0.15) is 89.1 Å². The third-order valence-corrected chi connectivity index (χ3v) is 11.1. The predicted octanol–water partition coefficient (Wildman–Crippen LogP) is 5.91. The minimum absolute atomic E-state index is 0.0427. The Morgan fingerprint density at radius 1 is 0.855 bits per heavy atom.